The van der Waals surface area contributed by atoms with E-state index in [2.05, 4.69) is 22.6 Å². The molecule has 0 fully saturated rings. The zero-order valence-corrected chi connectivity index (χ0v) is 12.7. The van der Waals surface area contributed by atoms with Crippen molar-refractivity contribution in [3.8, 4) is 0 Å². The minimum Gasteiger partial charge on any atom is -0.444 e. The fourth-order valence-corrected chi connectivity index (χ4v) is 2.15. The minimum absolute atomic E-state index is 0.155. The van der Waals surface area contributed by atoms with Crippen molar-refractivity contribution in [2.45, 2.75) is 36.8 Å². The van der Waals surface area contributed by atoms with Gasteiger partial charge in [0.05, 0.1) is 4.05 Å². The van der Waals surface area contributed by atoms with Crippen LogP contribution in [0.2, 0.25) is 0 Å². The van der Waals surface area contributed by atoms with Crippen LogP contribution in [0.1, 0.15) is 27.2 Å². The molecule has 0 saturated heterocycles. The molecular formula is C11H20IN3O2. The van der Waals surface area contributed by atoms with Gasteiger partial charge in [0.1, 0.15) is 5.60 Å². The Bertz CT molecular complexity index is 334. The van der Waals surface area contributed by atoms with Crippen LogP contribution in [0.15, 0.2) is 11.3 Å². The second-order valence-corrected chi connectivity index (χ2v) is 6.45. The van der Waals surface area contributed by atoms with Gasteiger partial charge in [-0.1, -0.05) is 22.6 Å². The maximum absolute atomic E-state index is 11.9. The summed E-state index contributed by atoms with van der Waals surface area (Å²) < 4.78 is 5.17. The molecule has 1 aliphatic heterocycles. The van der Waals surface area contributed by atoms with Crippen molar-refractivity contribution >= 4 is 28.7 Å². The zero-order chi connectivity index (χ0) is 13.2. The summed E-state index contributed by atoms with van der Waals surface area (Å²) in [5.74, 6) is 0. The Kier molecular flexibility index (Phi) is 4.65. The first-order valence-corrected chi connectivity index (χ1v) is 6.80. The van der Waals surface area contributed by atoms with Gasteiger partial charge in [0.25, 0.3) is 0 Å². The van der Waals surface area contributed by atoms with Crippen molar-refractivity contribution in [2.75, 3.05) is 13.1 Å². The van der Waals surface area contributed by atoms with E-state index in [9.17, 15) is 4.79 Å². The first-order valence-electron chi connectivity index (χ1n) is 5.55. The standard InChI is InChI=1S/C11H20IN3O2/c1-11(2,3)17-10(16)15-5-4-8(13)7(6-15)9(12)14/h9H,4-6,13-14H2,1-3H3. The van der Waals surface area contributed by atoms with Gasteiger partial charge >= 0.3 is 6.09 Å². The Morgan fingerprint density at radius 2 is 2.12 bits per heavy atom. The first-order chi connectivity index (χ1) is 7.70. The quantitative estimate of drug-likeness (QED) is 0.426. The third-order valence-electron chi connectivity index (χ3n) is 2.41. The second-order valence-electron chi connectivity index (χ2n) is 5.10. The lowest BCUT2D eigenvalue weighted by Gasteiger charge is -2.32. The molecule has 0 bridgehead atoms. The van der Waals surface area contributed by atoms with Crippen molar-refractivity contribution < 1.29 is 9.53 Å². The molecule has 0 aromatic rings. The maximum atomic E-state index is 11.9. The topological polar surface area (TPSA) is 81.6 Å². The largest absolute Gasteiger partial charge is 0.444 e. The summed E-state index contributed by atoms with van der Waals surface area (Å²) in [6.45, 7) is 6.61. The highest BCUT2D eigenvalue weighted by Gasteiger charge is 2.27. The Hall–Kier alpha value is -0.500. The smallest absolute Gasteiger partial charge is 0.410 e. The molecule has 1 atom stereocenters. The molecule has 0 radical (unpaired) electrons. The van der Waals surface area contributed by atoms with Crippen LogP contribution >= 0.6 is 22.6 Å². The number of hydrogen-bond acceptors (Lipinski definition) is 4. The van der Waals surface area contributed by atoms with Gasteiger partial charge in [-0.25, -0.2) is 4.79 Å². The Morgan fingerprint density at radius 1 is 1.53 bits per heavy atom. The van der Waals surface area contributed by atoms with Gasteiger partial charge in [-0.15, -0.1) is 0 Å². The van der Waals surface area contributed by atoms with Gasteiger partial charge in [0, 0.05) is 25.2 Å². The van der Waals surface area contributed by atoms with Gasteiger partial charge in [-0.2, -0.15) is 0 Å². The Morgan fingerprint density at radius 3 is 2.59 bits per heavy atom. The molecule has 0 spiro atoms. The van der Waals surface area contributed by atoms with E-state index < -0.39 is 5.60 Å². The molecule has 1 unspecified atom stereocenters. The molecule has 6 heteroatoms. The number of carbonyl (C=O) groups is 1. The van der Waals surface area contributed by atoms with Crippen LogP contribution in [-0.2, 0) is 4.74 Å². The molecule has 4 N–H and O–H groups in total. The van der Waals surface area contributed by atoms with Crippen molar-refractivity contribution in [3.63, 3.8) is 0 Å². The van der Waals surface area contributed by atoms with E-state index in [1.165, 1.54) is 0 Å². The minimum atomic E-state index is -0.476. The zero-order valence-electron chi connectivity index (χ0n) is 10.5. The van der Waals surface area contributed by atoms with E-state index in [-0.39, 0.29) is 10.1 Å². The highest BCUT2D eigenvalue weighted by molar-refractivity contribution is 14.1. The van der Waals surface area contributed by atoms with Gasteiger partial charge in [0.15, 0.2) is 0 Å². The molecule has 17 heavy (non-hydrogen) atoms. The Balaban J connectivity index is 2.69. The lowest BCUT2D eigenvalue weighted by Crippen LogP contribution is -2.43. The van der Waals surface area contributed by atoms with E-state index in [4.69, 9.17) is 16.2 Å². The number of nitrogens with two attached hydrogens (primary N) is 2. The number of hydrogen-bond donors (Lipinski definition) is 2. The monoisotopic (exact) mass is 353 g/mol. The second kappa shape index (κ2) is 5.43. The van der Waals surface area contributed by atoms with Crippen molar-refractivity contribution in [3.05, 3.63) is 11.3 Å². The van der Waals surface area contributed by atoms with Crippen LogP contribution in [0.25, 0.3) is 0 Å². The van der Waals surface area contributed by atoms with Crippen LogP contribution < -0.4 is 11.5 Å². The molecule has 1 aliphatic rings. The first kappa shape index (κ1) is 14.6. The molecule has 0 aliphatic carbocycles. The normalized spacial score (nSPS) is 19.2. The summed E-state index contributed by atoms with van der Waals surface area (Å²) in [4.78, 5) is 13.5. The molecular weight excluding hydrogens is 333 g/mol. The van der Waals surface area contributed by atoms with Crippen molar-refractivity contribution in [1.29, 1.82) is 0 Å². The van der Waals surface area contributed by atoms with Gasteiger partial charge in [0.2, 0.25) is 0 Å². The highest BCUT2D eigenvalue weighted by atomic mass is 127. The number of rotatable bonds is 1. The predicted molar refractivity (Wildman–Crippen MR) is 75.6 cm³/mol. The third kappa shape index (κ3) is 4.34. The molecule has 0 aromatic carbocycles. The molecule has 0 saturated carbocycles. The lowest BCUT2D eigenvalue weighted by molar-refractivity contribution is 0.0258. The number of ether oxygens (including phenoxy) is 1. The Labute approximate surface area is 116 Å². The molecule has 0 aromatic heterocycles. The van der Waals surface area contributed by atoms with Crippen LogP contribution in [0.4, 0.5) is 4.79 Å². The molecule has 98 valence electrons. The van der Waals surface area contributed by atoms with Gasteiger partial charge in [-0.05, 0) is 26.3 Å². The highest BCUT2D eigenvalue weighted by Crippen LogP contribution is 2.21. The summed E-state index contributed by atoms with van der Waals surface area (Å²) in [6, 6.07) is 0. The molecule has 5 nitrogen and oxygen atoms in total. The number of amides is 1. The van der Waals surface area contributed by atoms with E-state index >= 15 is 0 Å². The van der Waals surface area contributed by atoms with E-state index in [1.807, 2.05) is 20.8 Å². The van der Waals surface area contributed by atoms with E-state index in [1.54, 1.807) is 4.90 Å². The van der Waals surface area contributed by atoms with Gasteiger partial charge < -0.3 is 21.1 Å². The molecule has 1 rings (SSSR count). The van der Waals surface area contributed by atoms with Gasteiger partial charge in [-0.3, -0.25) is 0 Å². The molecule has 1 heterocycles. The summed E-state index contributed by atoms with van der Waals surface area (Å²) in [5, 5.41) is 0. The number of nitrogens with zero attached hydrogens (tertiary/aromatic N) is 1. The average molecular weight is 353 g/mol. The van der Waals surface area contributed by atoms with Crippen molar-refractivity contribution in [1.82, 2.24) is 4.90 Å². The fourth-order valence-electron chi connectivity index (χ4n) is 1.55. The number of carbonyl (C=O) groups excluding carboxylic acids is 1. The summed E-state index contributed by atoms with van der Waals surface area (Å²) in [7, 11) is 0. The summed E-state index contributed by atoms with van der Waals surface area (Å²) in [5.41, 5.74) is 12.9. The third-order valence-corrected chi connectivity index (χ3v) is 3.16. The summed E-state index contributed by atoms with van der Waals surface area (Å²) >= 11 is 2.10. The SMILES string of the molecule is CC(C)(C)OC(=O)N1CCC(N)=C(C(N)I)C1. The van der Waals surface area contributed by atoms with Crippen LogP contribution in [-0.4, -0.2) is 33.7 Å². The maximum Gasteiger partial charge on any atom is 0.410 e. The van der Waals surface area contributed by atoms with Crippen LogP contribution in [0, 0.1) is 0 Å². The van der Waals surface area contributed by atoms with E-state index in [0.717, 1.165) is 11.3 Å². The number of halogens is 1. The van der Waals surface area contributed by atoms with Crippen LogP contribution in [0.5, 0.6) is 0 Å². The number of alkyl halides is 1. The summed E-state index contributed by atoms with van der Waals surface area (Å²) in [6.07, 6.45) is 0.352. The van der Waals surface area contributed by atoms with E-state index in [0.29, 0.717) is 19.5 Å². The van der Waals surface area contributed by atoms with Crippen LogP contribution in [0.3, 0.4) is 0 Å². The fraction of sp³-hybridized carbons (Fsp3) is 0.727. The van der Waals surface area contributed by atoms with Crippen molar-refractivity contribution in [2.24, 2.45) is 11.5 Å². The average Bonchev–Trinajstić information content (AvgIpc) is 2.14. The predicted octanol–water partition coefficient (Wildman–Crippen LogP) is 1.56. The molecule has 1 amide bonds. The lowest BCUT2D eigenvalue weighted by atomic mass is 10.1.